The molecule has 1 aliphatic rings. The second-order valence-corrected chi connectivity index (χ2v) is 3.16. The molecule has 0 amide bonds. The van der Waals surface area contributed by atoms with Crippen LogP contribution in [-0.4, -0.2) is 5.11 Å². The predicted octanol–water partition coefficient (Wildman–Crippen LogP) is 1.61. The Hall–Kier alpha value is -1.25. The summed E-state index contributed by atoms with van der Waals surface area (Å²) in [5.74, 6) is 0.990. The molecular weight excluding hydrogens is 156 g/mol. The molecule has 1 aromatic rings. The lowest BCUT2D eigenvalue weighted by Crippen LogP contribution is -2.11. The lowest BCUT2D eigenvalue weighted by Gasteiger charge is -2.23. The van der Waals surface area contributed by atoms with Gasteiger partial charge in [-0.3, -0.25) is 0 Å². The van der Waals surface area contributed by atoms with Gasteiger partial charge in [-0.1, -0.05) is 6.42 Å². The minimum Gasteiger partial charge on any atom is -0.508 e. The van der Waals surface area contributed by atoms with Gasteiger partial charge in [0.1, 0.15) is 11.5 Å². The number of rotatable bonds is 1. The molecular formula is C9H10O3. The summed E-state index contributed by atoms with van der Waals surface area (Å²) in [7, 11) is 0. The van der Waals surface area contributed by atoms with Gasteiger partial charge in [0.15, 0.2) is 0 Å². The molecule has 0 aromatic carbocycles. The largest absolute Gasteiger partial charge is 0.508 e. The molecule has 64 valence electrons. The summed E-state index contributed by atoms with van der Waals surface area (Å²) in [6.45, 7) is 0. The van der Waals surface area contributed by atoms with Crippen LogP contribution in [0, 0.1) is 0 Å². The quantitative estimate of drug-likeness (QED) is 0.689. The van der Waals surface area contributed by atoms with E-state index in [1.165, 1.54) is 12.5 Å². The van der Waals surface area contributed by atoms with Gasteiger partial charge in [-0.2, -0.15) is 0 Å². The maximum Gasteiger partial charge on any atom is 0.339 e. The first kappa shape index (κ1) is 7.40. The Kier molecular flexibility index (Phi) is 1.64. The van der Waals surface area contributed by atoms with Crippen LogP contribution >= 0.6 is 0 Å². The fourth-order valence-electron chi connectivity index (χ4n) is 1.38. The van der Waals surface area contributed by atoms with Crippen LogP contribution in [0.2, 0.25) is 0 Å². The van der Waals surface area contributed by atoms with Gasteiger partial charge in [0.2, 0.25) is 0 Å². The molecule has 1 heterocycles. The Morgan fingerprint density at radius 2 is 2.17 bits per heavy atom. The maximum absolute atomic E-state index is 10.8. The van der Waals surface area contributed by atoms with Gasteiger partial charge in [-0.25, -0.2) is 4.79 Å². The minimum atomic E-state index is -0.461. The van der Waals surface area contributed by atoms with Crippen molar-refractivity contribution in [1.29, 1.82) is 0 Å². The molecule has 0 spiro atoms. The van der Waals surface area contributed by atoms with E-state index in [1.807, 2.05) is 0 Å². The monoisotopic (exact) mass is 166 g/mol. The summed E-state index contributed by atoms with van der Waals surface area (Å²) >= 11 is 0. The summed E-state index contributed by atoms with van der Waals surface area (Å²) in [6.07, 6.45) is 3.31. The smallest absolute Gasteiger partial charge is 0.339 e. The number of hydrogen-bond donors (Lipinski definition) is 1. The van der Waals surface area contributed by atoms with Gasteiger partial charge < -0.3 is 9.52 Å². The fourth-order valence-corrected chi connectivity index (χ4v) is 1.38. The molecule has 0 bridgehead atoms. The van der Waals surface area contributed by atoms with Crippen LogP contribution < -0.4 is 5.63 Å². The van der Waals surface area contributed by atoms with E-state index in [-0.39, 0.29) is 5.75 Å². The second-order valence-electron chi connectivity index (χ2n) is 3.16. The van der Waals surface area contributed by atoms with Crippen LogP contribution in [0.1, 0.15) is 30.9 Å². The van der Waals surface area contributed by atoms with Crippen molar-refractivity contribution in [3.8, 4) is 5.75 Å². The summed E-state index contributed by atoms with van der Waals surface area (Å²) in [4.78, 5) is 10.8. The predicted molar refractivity (Wildman–Crippen MR) is 43.2 cm³/mol. The zero-order valence-electron chi connectivity index (χ0n) is 6.62. The Bertz CT molecular complexity index is 336. The number of aromatic hydroxyl groups is 1. The third-order valence-electron chi connectivity index (χ3n) is 2.28. The molecule has 0 atom stereocenters. The van der Waals surface area contributed by atoms with Gasteiger partial charge in [-0.15, -0.1) is 0 Å². The van der Waals surface area contributed by atoms with Crippen molar-refractivity contribution in [2.24, 2.45) is 0 Å². The van der Waals surface area contributed by atoms with Crippen LogP contribution in [0.4, 0.5) is 0 Å². The van der Waals surface area contributed by atoms with Crippen LogP contribution in [0.3, 0.4) is 0 Å². The van der Waals surface area contributed by atoms with Gasteiger partial charge in [0, 0.05) is 12.0 Å². The zero-order valence-corrected chi connectivity index (χ0v) is 6.62. The molecule has 1 aliphatic carbocycles. The Morgan fingerprint density at radius 1 is 1.42 bits per heavy atom. The summed E-state index contributed by atoms with van der Waals surface area (Å²) in [5.41, 5.74) is -0.461. The van der Waals surface area contributed by atoms with Crippen LogP contribution in [0.25, 0.3) is 0 Å². The van der Waals surface area contributed by atoms with Gasteiger partial charge in [-0.05, 0) is 12.8 Å². The van der Waals surface area contributed by atoms with Gasteiger partial charge >= 0.3 is 5.63 Å². The van der Waals surface area contributed by atoms with E-state index in [2.05, 4.69) is 0 Å². The van der Waals surface area contributed by atoms with Gasteiger partial charge in [0.25, 0.3) is 0 Å². The zero-order chi connectivity index (χ0) is 8.55. The molecule has 1 saturated carbocycles. The maximum atomic E-state index is 10.8. The van der Waals surface area contributed by atoms with E-state index in [0.717, 1.165) is 18.9 Å². The third kappa shape index (κ3) is 1.22. The molecule has 0 aliphatic heterocycles. The fraction of sp³-hybridized carbons (Fsp3) is 0.444. The van der Waals surface area contributed by atoms with E-state index in [0.29, 0.717) is 11.7 Å². The van der Waals surface area contributed by atoms with E-state index in [9.17, 15) is 4.79 Å². The topological polar surface area (TPSA) is 50.4 Å². The van der Waals surface area contributed by atoms with E-state index in [1.54, 1.807) is 0 Å². The molecule has 1 aromatic heterocycles. The van der Waals surface area contributed by atoms with Crippen molar-refractivity contribution in [3.05, 3.63) is 28.3 Å². The Labute approximate surface area is 69.6 Å². The molecule has 0 radical (unpaired) electrons. The highest BCUT2D eigenvalue weighted by Crippen LogP contribution is 2.36. The van der Waals surface area contributed by atoms with E-state index < -0.39 is 5.63 Å². The molecule has 12 heavy (non-hydrogen) atoms. The first-order valence-electron chi connectivity index (χ1n) is 4.10. The van der Waals surface area contributed by atoms with Crippen molar-refractivity contribution in [2.45, 2.75) is 25.2 Å². The lowest BCUT2D eigenvalue weighted by atomic mass is 9.83. The first-order chi connectivity index (χ1) is 5.75. The molecule has 0 unspecified atom stereocenters. The lowest BCUT2D eigenvalue weighted by molar-refractivity contribution is 0.323. The van der Waals surface area contributed by atoms with Crippen molar-refractivity contribution in [3.63, 3.8) is 0 Å². The standard InChI is InChI=1S/C9H10O3/c10-7-4-8(6-2-1-3-6)12-9(11)5-7/h4-6,10H,1-3H2. The van der Waals surface area contributed by atoms with Gasteiger partial charge in [0.05, 0.1) is 6.07 Å². The van der Waals surface area contributed by atoms with E-state index >= 15 is 0 Å². The molecule has 1 N–H and O–H groups in total. The van der Waals surface area contributed by atoms with E-state index in [4.69, 9.17) is 9.52 Å². The second kappa shape index (κ2) is 2.66. The van der Waals surface area contributed by atoms with Crippen molar-refractivity contribution in [1.82, 2.24) is 0 Å². The van der Waals surface area contributed by atoms with Crippen LogP contribution in [-0.2, 0) is 0 Å². The summed E-state index contributed by atoms with van der Waals surface area (Å²) in [6, 6.07) is 2.62. The molecule has 0 saturated heterocycles. The molecule has 3 heteroatoms. The normalized spacial score (nSPS) is 17.3. The van der Waals surface area contributed by atoms with Crippen molar-refractivity contribution < 1.29 is 9.52 Å². The minimum absolute atomic E-state index is 0.00755. The average molecular weight is 166 g/mol. The summed E-state index contributed by atoms with van der Waals surface area (Å²) in [5, 5.41) is 9.10. The van der Waals surface area contributed by atoms with Crippen molar-refractivity contribution >= 4 is 0 Å². The highest BCUT2D eigenvalue weighted by atomic mass is 16.4. The highest BCUT2D eigenvalue weighted by molar-refractivity contribution is 5.21. The first-order valence-corrected chi connectivity index (χ1v) is 4.10. The molecule has 1 fully saturated rings. The highest BCUT2D eigenvalue weighted by Gasteiger charge is 2.22. The molecule has 2 rings (SSSR count). The Balaban J connectivity index is 2.36. The third-order valence-corrected chi connectivity index (χ3v) is 2.28. The van der Waals surface area contributed by atoms with Crippen LogP contribution in [0.5, 0.6) is 5.75 Å². The number of hydrogen-bond acceptors (Lipinski definition) is 3. The van der Waals surface area contributed by atoms with Crippen molar-refractivity contribution in [2.75, 3.05) is 0 Å². The van der Waals surface area contributed by atoms with Crippen LogP contribution in [0.15, 0.2) is 21.3 Å². The Morgan fingerprint density at radius 3 is 2.67 bits per heavy atom. The average Bonchev–Trinajstić information content (AvgIpc) is 1.79. The summed E-state index contributed by atoms with van der Waals surface area (Å²) < 4.78 is 4.95. The molecule has 3 nitrogen and oxygen atoms in total. The SMILES string of the molecule is O=c1cc(O)cc(C2CCC2)o1.